The Morgan fingerprint density at radius 3 is 2.45 bits per heavy atom. The van der Waals surface area contributed by atoms with Crippen LogP contribution in [0.5, 0.6) is 0 Å². The van der Waals surface area contributed by atoms with E-state index in [0.29, 0.717) is 11.6 Å². The molecule has 0 saturated carbocycles. The standard InChI is InChI=1S/C18H19N4/c1-12-7-5-6-8-16(12)17-10-9-15(11-22(17)4)18-20-13(2)19-14(3)21-18/h5-11H,1-4H3/q+1/i2D3. The van der Waals surface area contributed by atoms with Gasteiger partial charge in [-0.1, -0.05) is 18.2 Å². The first-order chi connectivity index (χ1) is 11.8. The van der Waals surface area contributed by atoms with Gasteiger partial charge in [0.25, 0.3) is 0 Å². The number of hydrogen-bond acceptors (Lipinski definition) is 3. The van der Waals surface area contributed by atoms with Crippen molar-refractivity contribution in [3.8, 4) is 22.6 Å². The monoisotopic (exact) mass is 294 g/mol. The van der Waals surface area contributed by atoms with Crippen LogP contribution in [0.2, 0.25) is 0 Å². The van der Waals surface area contributed by atoms with Gasteiger partial charge in [0.2, 0.25) is 5.69 Å². The van der Waals surface area contributed by atoms with E-state index in [-0.39, 0.29) is 5.82 Å². The third-order valence-electron chi connectivity index (χ3n) is 3.56. The number of hydrogen-bond donors (Lipinski definition) is 0. The van der Waals surface area contributed by atoms with Crippen LogP contribution in [0.3, 0.4) is 0 Å². The Morgan fingerprint density at radius 2 is 1.73 bits per heavy atom. The second-order valence-electron chi connectivity index (χ2n) is 5.26. The van der Waals surface area contributed by atoms with E-state index in [1.165, 1.54) is 5.56 Å². The first kappa shape index (κ1) is 11.0. The summed E-state index contributed by atoms with van der Waals surface area (Å²) in [7, 11) is 1.95. The zero-order valence-electron chi connectivity index (χ0n) is 15.8. The summed E-state index contributed by atoms with van der Waals surface area (Å²) in [5.41, 5.74) is 4.14. The lowest BCUT2D eigenvalue weighted by Gasteiger charge is -2.06. The Kier molecular flexibility index (Phi) is 2.82. The molecule has 1 aromatic carbocycles. The van der Waals surface area contributed by atoms with Gasteiger partial charge >= 0.3 is 0 Å². The van der Waals surface area contributed by atoms with Gasteiger partial charge in [-0.05, 0) is 38.4 Å². The van der Waals surface area contributed by atoms with Gasteiger partial charge in [-0.15, -0.1) is 0 Å². The molecule has 22 heavy (non-hydrogen) atoms. The van der Waals surface area contributed by atoms with E-state index in [2.05, 4.69) is 34.0 Å². The average Bonchev–Trinajstić information content (AvgIpc) is 2.54. The summed E-state index contributed by atoms with van der Waals surface area (Å²) in [4.78, 5) is 12.4. The third kappa shape index (κ3) is 2.72. The van der Waals surface area contributed by atoms with Gasteiger partial charge in [0.05, 0.1) is 5.56 Å². The lowest BCUT2D eigenvalue weighted by molar-refractivity contribution is -0.659. The van der Waals surface area contributed by atoms with Crippen molar-refractivity contribution in [2.45, 2.75) is 20.7 Å². The van der Waals surface area contributed by atoms with E-state index in [0.717, 1.165) is 16.8 Å². The minimum absolute atomic E-state index is 0.180. The quantitative estimate of drug-likeness (QED) is 0.682. The smallest absolute Gasteiger partial charge is 0.212 e. The molecule has 0 saturated heterocycles. The summed E-state index contributed by atoms with van der Waals surface area (Å²) < 4.78 is 24.5. The van der Waals surface area contributed by atoms with Crippen molar-refractivity contribution >= 4 is 0 Å². The normalized spacial score (nSPS) is 13.3. The topological polar surface area (TPSA) is 42.5 Å². The highest BCUT2D eigenvalue weighted by Crippen LogP contribution is 2.21. The Labute approximate surface area is 134 Å². The van der Waals surface area contributed by atoms with Crippen LogP contribution in [0.25, 0.3) is 22.6 Å². The molecule has 0 spiro atoms. The van der Waals surface area contributed by atoms with Gasteiger partial charge < -0.3 is 0 Å². The first-order valence-electron chi connectivity index (χ1n) is 8.55. The minimum atomic E-state index is -2.36. The molecule has 0 radical (unpaired) electrons. The highest BCUT2D eigenvalue weighted by Gasteiger charge is 2.15. The van der Waals surface area contributed by atoms with Crippen molar-refractivity contribution in [2.24, 2.45) is 7.05 Å². The van der Waals surface area contributed by atoms with Crippen LogP contribution in [-0.4, -0.2) is 15.0 Å². The van der Waals surface area contributed by atoms with Crippen LogP contribution in [0.1, 0.15) is 21.3 Å². The predicted octanol–water partition coefficient (Wildman–Crippen LogP) is 2.96. The molecule has 0 fully saturated rings. The molecule has 0 atom stereocenters. The highest BCUT2D eigenvalue weighted by atomic mass is 15.0. The SMILES string of the molecule is [2H]C([2H])([2H])c1nc(C)nc(-c2ccc(-c3ccccc3C)[n+](C)c2)n1. The molecule has 0 amide bonds. The molecule has 110 valence electrons. The maximum Gasteiger partial charge on any atom is 0.212 e. The van der Waals surface area contributed by atoms with Crippen molar-refractivity contribution in [1.29, 1.82) is 0 Å². The van der Waals surface area contributed by atoms with Crippen LogP contribution in [0.15, 0.2) is 42.6 Å². The summed E-state index contributed by atoms with van der Waals surface area (Å²) in [6, 6.07) is 12.1. The summed E-state index contributed by atoms with van der Waals surface area (Å²) in [6.07, 6.45) is 1.90. The molecule has 3 rings (SSSR count). The fraction of sp³-hybridized carbons (Fsp3) is 0.222. The van der Waals surface area contributed by atoms with Crippen molar-refractivity contribution < 1.29 is 8.68 Å². The van der Waals surface area contributed by atoms with Gasteiger partial charge in [0.1, 0.15) is 18.7 Å². The lowest BCUT2D eigenvalue weighted by Crippen LogP contribution is -2.31. The fourth-order valence-corrected chi connectivity index (χ4v) is 2.49. The van der Waals surface area contributed by atoms with Crippen LogP contribution >= 0.6 is 0 Å². The molecule has 2 heterocycles. The molecule has 0 unspecified atom stereocenters. The fourth-order valence-electron chi connectivity index (χ4n) is 2.49. The summed E-state index contributed by atoms with van der Waals surface area (Å²) in [5.74, 6) is 0.577. The van der Waals surface area contributed by atoms with E-state index >= 15 is 0 Å². The zero-order valence-corrected chi connectivity index (χ0v) is 12.8. The number of aryl methyl sites for hydroxylation is 4. The Bertz CT molecular complexity index is 936. The molecule has 0 aliphatic carbocycles. The van der Waals surface area contributed by atoms with Crippen molar-refractivity contribution in [2.75, 3.05) is 0 Å². The maximum absolute atomic E-state index is 7.52. The van der Waals surface area contributed by atoms with Crippen LogP contribution in [-0.2, 0) is 7.05 Å². The molecule has 3 aromatic rings. The summed E-state index contributed by atoms with van der Waals surface area (Å²) >= 11 is 0. The molecule has 0 aliphatic heterocycles. The maximum atomic E-state index is 7.52. The van der Waals surface area contributed by atoms with Gasteiger partial charge in [-0.3, -0.25) is 0 Å². The van der Waals surface area contributed by atoms with Crippen LogP contribution < -0.4 is 4.57 Å². The summed E-state index contributed by atoms with van der Waals surface area (Å²) in [6.45, 7) is 1.38. The highest BCUT2D eigenvalue weighted by molar-refractivity contribution is 5.63. The van der Waals surface area contributed by atoms with Crippen LogP contribution in [0.4, 0.5) is 0 Å². The van der Waals surface area contributed by atoms with Crippen molar-refractivity contribution in [3.05, 3.63) is 59.8 Å². The number of nitrogens with zero attached hydrogens (tertiary/aromatic N) is 4. The second kappa shape index (κ2) is 5.64. The van der Waals surface area contributed by atoms with Crippen molar-refractivity contribution in [3.63, 3.8) is 0 Å². The molecular weight excluding hydrogens is 272 g/mol. The number of rotatable bonds is 2. The lowest BCUT2D eigenvalue weighted by atomic mass is 10.0. The van der Waals surface area contributed by atoms with Gasteiger partial charge in [0, 0.05) is 15.7 Å². The van der Waals surface area contributed by atoms with E-state index in [9.17, 15) is 0 Å². The van der Waals surface area contributed by atoms with E-state index in [1.54, 1.807) is 6.92 Å². The summed E-state index contributed by atoms with van der Waals surface area (Å²) in [5, 5.41) is 0. The van der Waals surface area contributed by atoms with E-state index in [1.807, 2.05) is 42.1 Å². The van der Waals surface area contributed by atoms with E-state index in [4.69, 9.17) is 4.11 Å². The molecule has 4 nitrogen and oxygen atoms in total. The molecule has 4 heteroatoms. The van der Waals surface area contributed by atoms with E-state index < -0.39 is 6.85 Å². The Balaban J connectivity index is 2.08. The number of benzene rings is 1. The molecule has 2 aromatic heterocycles. The average molecular weight is 294 g/mol. The number of aromatic nitrogens is 4. The minimum Gasteiger partial charge on any atom is -0.219 e. The molecule has 0 N–H and O–H groups in total. The Hall–Kier alpha value is -2.62. The molecule has 0 aliphatic rings. The number of pyridine rings is 1. The van der Waals surface area contributed by atoms with Crippen molar-refractivity contribution in [1.82, 2.24) is 15.0 Å². The largest absolute Gasteiger partial charge is 0.219 e. The second-order valence-corrected chi connectivity index (χ2v) is 5.26. The first-order valence-corrected chi connectivity index (χ1v) is 7.05. The van der Waals surface area contributed by atoms with Gasteiger partial charge in [-0.25, -0.2) is 19.5 Å². The van der Waals surface area contributed by atoms with Crippen LogP contribution in [0, 0.1) is 20.7 Å². The zero-order chi connectivity index (χ0) is 18.2. The Morgan fingerprint density at radius 1 is 0.955 bits per heavy atom. The third-order valence-corrected chi connectivity index (χ3v) is 3.56. The molecular formula is C18H19N4+. The molecule has 0 bridgehead atoms. The predicted molar refractivity (Wildman–Crippen MR) is 86.1 cm³/mol. The van der Waals surface area contributed by atoms with Gasteiger partial charge in [0.15, 0.2) is 12.0 Å². The van der Waals surface area contributed by atoms with Gasteiger partial charge in [-0.2, -0.15) is 0 Å².